The van der Waals surface area contributed by atoms with E-state index < -0.39 is 0 Å². The third kappa shape index (κ3) is 2.25. The van der Waals surface area contributed by atoms with Gasteiger partial charge in [-0.25, -0.2) is 0 Å². The second kappa shape index (κ2) is 5.44. The zero-order valence-electron chi connectivity index (χ0n) is 12.5. The van der Waals surface area contributed by atoms with Crippen molar-refractivity contribution < 1.29 is 4.79 Å². The number of benzene rings is 1. The monoisotopic (exact) mass is 293 g/mol. The van der Waals surface area contributed by atoms with Gasteiger partial charge in [0.15, 0.2) is 0 Å². The molecule has 0 saturated carbocycles. The van der Waals surface area contributed by atoms with E-state index in [4.69, 9.17) is 0 Å². The molecule has 4 rings (SSSR count). The highest BCUT2D eigenvalue weighted by molar-refractivity contribution is 6.07. The van der Waals surface area contributed by atoms with Crippen LogP contribution in [0.4, 0.5) is 11.4 Å². The molecule has 0 N–H and O–H groups in total. The predicted molar refractivity (Wildman–Crippen MR) is 87.5 cm³/mol. The summed E-state index contributed by atoms with van der Waals surface area (Å²) in [6, 6.07) is 10.1. The van der Waals surface area contributed by atoms with Crippen LogP contribution in [0.1, 0.15) is 28.8 Å². The Morgan fingerprint density at radius 2 is 1.77 bits per heavy atom. The van der Waals surface area contributed by atoms with Gasteiger partial charge in [0, 0.05) is 49.0 Å². The van der Waals surface area contributed by atoms with Crippen molar-refractivity contribution in [3.8, 4) is 0 Å². The molecule has 0 aliphatic carbocycles. The van der Waals surface area contributed by atoms with E-state index in [0.29, 0.717) is 5.56 Å². The number of pyridine rings is 1. The normalized spacial score (nSPS) is 16.9. The van der Waals surface area contributed by atoms with Gasteiger partial charge in [-0.05, 0) is 55.2 Å². The lowest BCUT2D eigenvalue weighted by Crippen LogP contribution is -2.28. The van der Waals surface area contributed by atoms with E-state index in [1.165, 1.54) is 24.1 Å². The van der Waals surface area contributed by atoms with Crippen molar-refractivity contribution in [1.82, 2.24) is 4.98 Å². The number of aromatic nitrogens is 1. The molecule has 4 nitrogen and oxygen atoms in total. The molecule has 1 fully saturated rings. The van der Waals surface area contributed by atoms with Crippen molar-refractivity contribution >= 4 is 17.3 Å². The maximum atomic E-state index is 12.6. The van der Waals surface area contributed by atoms with E-state index in [0.717, 1.165) is 31.7 Å². The fourth-order valence-corrected chi connectivity index (χ4v) is 3.42. The Kier molecular flexibility index (Phi) is 3.29. The lowest BCUT2D eigenvalue weighted by molar-refractivity contribution is 0.0989. The lowest BCUT2D eigenvalue weighted by Gasteiger charge is -2.20. The number of amides is 1. The summed E-state index contributed by atoms with van der Waals surface area (Å²) < 4.78 is 0. The van der Waals surface area contributed by atoms with Crippen molar-refractivity contribution in [3.63, 3.8) is 0 Å². The van der Waals surface area contributed by atoms with E-state index in [-0.39, 0.29) is 5.91 Å². The van der Waals surface area contributed by atoms with Gasteiger partial charge in [-0.2, -0.15) is 0 Å². The average molecular weight is 293 g/mol. The van der Waals surface area contributed by atoms with Crippen LogP contribution in [0.2, 0.25) is 0 Å². The third-order valence-corrected chi connectivity index (χ3v) is 4.60. The molecule has 1 saturated heterocycles. The highest BCUT2D eigenvalue weighted by atomic mass is 16.2. The number of anilines is 2. The molecule has 2 aromatic rings. The van der Waals surface area contributed by atoms with Crippen molar-refractivity contribution in [2.24, 2.45) is 0 Å². The average Bonchev–Trinajstić information content (AvgIpc) is 3.24. The first-order chi connectivity index (χ1) is 10.8. The van der Waals surface area contributed by atoms with Crippen molar-refractivity contribution in [1.29, 1.82) is 0 Å². The number of hydrogen-bond donors (Lipinski definition) is 0. The molecule has 2 aliphatic heterocycles. The molecule has 4 heteroatoms. The van der Waals surface area contributed by atoms with Gasteiger partial charge in [0.2, 0.25) is 0 Å². The van der Waals surface area contributed by atoms with Crippen LogP contribution in [0, 0.1) is 0 Å². The summed E-state index contributed by atoms with van der Waals surface area (Å²) in [5.41, 5.74) is 4.34. The fraction of sp³-hybridized carbons (Fsp3) is 0.333. The quantitative estimate of drug-likeness (QED) is 0.854. The van der Waals surface area contributed by atoms with E-state index in [1.54, 1.807) is 24.5 Å². The first-order valence-electron chi connectivity index (χ1n) is 7.93. The van der Waals surface area contributed by atoms with Crippen LogP contribution in [0.25, 0.3) is 0 Å². The van der Waals surface area contributed by atoms with Gasteiger partial charge < -0.3 is 9.80 Å². The molecule has 0 unspecified atom stereocenters. The molecule has 0 radical (unpaired) electrons. The second-order valence-corrected chi connectivity index (χ2v) is 5.95. The van der Waals surface area contributed by atoms with Crippen molar-refractivity contribution in [3.05, 3.63) is 53.9 Å². The molecule has 2 aliphatic rings. The van der Waals surface area contributed by atoms with Crippen LogP contribution < -0.4 is 9.80 Å². The van der Waals surface area contributed by atoms with E-state index >= 15 is 0 Å². The Balaban J connectivity index is 1.61. The van der Waals surface area contributed by atoms with Gasteiger partial charge in [-0.15, -0.1) is 0 Å². The minimum Gasteiger partial charge on any atom is -0.372 e. The Bertz CT molecular complexity index is 693. The van der Waals surface area contributed by atoms with Gasteiger partial charge >= 0.3 is 0 Å². The highest BCUT2D eigenvalue weighted by Crippen LogP contribution is 2.33. The number of carbonyl (C=O) groups is 1. The van der Waals surface area contributed by atoms with Crippen LogP contribution in [0.3, 0.4) is 0 Å². The number of carbonyl (C=O) groups excluding carboxylic acids is 1. The third-order valence-electron chi connectivity index (χ3n) is 4.60. The van der Waals surface area contributed by atoms with Crippen LogP contribution in [-0.4, -0.2) is 30.5 Å². The van der Waals surface area contributed by atoms with Crippen LogP contribution in [0.5, 0.6) is 0 Å². The number of fused-ring (bicyclic) bond motifs is 1. The van der Waals surface area contributed by atoms with E-state index in [2.05, 4.69) is 28.1 Å². The fourth-order valence-electron chi connectivity index (χ4n) is 3.42. The van der Waals surface area contributed by atoms with Gasteiger partial charge in [0.1, 0.15) is 0 Å². The molecule has 0 atom stereocenters. The second-order valence-electron chi connectivity index (χ2n) is 5.95. The van der Waals surface area contributed by atoms with Crippen LogP contribution in [-0.2, 0) is 6.42 Å². The Morgan fingerprint density at radius 3 is 2.55 bits per heavy atom. The standard InChI is InChI=1S/C18H19N3O/c22-18(14-5-8-19-9-6-14)21-12-7-15-13-16(3-4-17(15)21)20-10-1-2-11-20/h3-6,8-9,13H,1-2,7,10-12H2. The molecule has 0 spiro atoms. The maximum Gasteiger partial charge on any atom is 0.258 e. The zero-order valence-corrected chi connectivity index (χ0v) is 12.5. The van der Waals surface area contributed by atoms with Crippen molar-refractivity contribution in [2.75, 3.05) is 29.4 Å². The molecule has 112 valence electrons. The van der Waals surface area contributed by atoms with Gasteiger partial charge in [0.05, 0.1) is 0 Å². The number of rotatable bonds is 2. The number of nitrogens with zero attached hydrogens (tertiary/aromatic N) is 3. The zero-order chi connectivity index (χ0) is 14.9. The molecule has 1 amide bonds. The molecule has 1 aromatic carbocycles. The summed E-state index contributed by atoms with van der Waals surface area (Å²) in [5, 5.41) is 0. The number of hydrogen-bond acceptors (Lipinski definition) is 3. The summed E-state index contributed by atoms with van der Waals surface area (Å²) >= 11 is 0. The lowest BCUT2D eigenvalue weighted by atomic mass is 10.1. The highest BCUT2D eigenvalue weighted by Gasteiger charge is 2.26. The smallest absolute Gasteiger partial charge is 0.258 e. The first kappa shape index (κ1) is 13.3. The Morgan fingerprint density at radius 1 is 1.00 bits per heavy atom. The minimum atomic E-state index is 0.0649. The Labute approximate surface area is 130 Å². The largest absolute Gasteiger partial charge is 0.372 e. The van der Waals surface area contributed by atoms with Crippen LogP contribution >= 0.6 is 0 Å². The SMILES string of the molecule is O=C(c1ccncc1)N1CCc2cc(N3CCCC3)ccc21. The molecular weight excluding hydrogens is 274 g/mol. The summed E-state index contributed by atoms with van der Waals surface area (Å²) in [6.45, 7) is 3.07. The molecule has 1 aromatic heterocycles. The van der Waals surface area contributed by atoms with Crippen molar-refractivity contribution in [2.45, 2.75) is 19.3 Å². The van der Waals surface area contributed by atoms with Gasteiger partial charge in [-0.1, -0.05) is 0 Å². The molecule has 3 heterocycles. The van der Waals surface area contributed by atoms with E-state index in [1.807, 2.05) is 4.90 Å². The van der Waals surface area contributed by atoms with Crippen LogP contribution in [0.15, 0.2) is 42.7 Å². The Hall–Kier alpha value is -2.36. The van der Waals surface area contributed by atoms with Gasteiger partial charge in [0.25, 0.3) is 5.91 Å². The first-order valence-corrected chi connectivity index (χ1v) is 7.93. The predicted octanol–water partition coefficient (Wildman–Crippen LogP) is 2.88. The minimum absolute atomic E-state index is 0.0649. The maximum absolute atomic E-state index is 12.6. The molecule has 0 bridgehead atoms. The van der Waals surface area contributed by atoms with Gasteiger partial charge in [-0.3, -0.25) is 9.78 Å². The molecular formula is C18H19N3O. The summed E-state index contributed by atoms with van der Waals surface area (Å²) in [5.74, 6) is 0.0649. The molecule has 22 heavy (non-hydrogen) atoms. The summed E-state index contributed by atoms with van der Waals surface area (Å²) in [4.78, 5) is 20.9. The van der Waals surface area contributed by atoms with E-state index in [9.17, 15) is 4.79 Å². The summed E-state index contributed by atoms with van der Waals surface area (Å²) in [7, 11) is 0. The summed E-state index contributed by atoms with van der Waals surface area (Å²) in [6.07, 6.45) is 6.84. The topological polar surface area (TPSA) is 36.4 Å².